The molecule has 2 aliphatic heterocycles. The molecule has 0 unspecified atom stereocenters. The molecule has 0 bridgehead atoms. The van der Waals surface area contributed by atoms with Gasteiger partial charge >= 0.3 is 0 Å². The van der Waals surface area contributed by atoms with E-state index in [4.69, 9.17) is 0 Å². The van der Waals surface area contributed by atoms with E-state index in [1.807, 2.05) is 6.07 Å². The normalized spacial score (nSPS) is 17.8. The minimum absolute atomic E-state index is 0.123. The van der Waals surface area contributed by atoms with E-state index in [1.165, 1.54) is 16.8 Å². The van der Waals surface area contributed by atoms with Crippen LogP contribution < -0.4 is 10.2 Å². The molecule has 4 rings (SSSR count). The Morgan fingerprint density at radius 2 is 1.78 bits per heavy atom. The van der Waals surface area contributed by atoms with Crippen LogP contribution in [0.5, 0.6) is 0 Å². The highest BCUT2D eigenvalue weighted by Gasteiger charge is 2.16. The number of hydrogen-bond acceptors (Lipinski definition) is 3. The lowest BCUT2D eigenvalue weighted by Crippen LogP contribution is -2.46. The fraction of sp³-hybridized carbons (Fsp3) is 0.348. The van der Waals surface area contributed by atoms with Crippen molar-refractivity contribution in [2.75, 3.05) is 42.9 Å². The molecule has 0 saturated carbocycles. The predicted molar refractivity (Wildman–Crippen MR) is 112 cm³/mol. The third-order valence-electron chi connectivity index (χ3n) is 5.44. The van der Waals surface area contributed by atoms with Crippen LogP contribution in [-0.2, 0) is 11.2 Å². The van der Waals surface area contributed by atoms with E-state index < -0.39 is 0 Å². The quantitative estimate of drug-likeness (QED) is 0.880. The first-order chi connectivity index (χ1) is 13.3. The minimum atomic E-state index is 0.123. The number of carbonyl (C=O) groups is 1. The first-order valence-electron chi connectivity index (χ1n) is 9.89. The Morgan fingerprint density at radius 1 is 0.963 bits per heavy atom. The number of rotatable bonds is 5. The molecule has 2 aromatic rings. The molecule has 0 aromatic heterocycles. The number of nitrogens with zero attached hydrogens (tertiary/aromatic N) is 2. The number of nitrogens with one attached hydrogen (secondary N) is 1. The summed E-state index contributed by atoms with van der Waals surface area (Å²) in [6, 6.07) is 17.0. The van der Waals surface area contributed by atoms with Gasteiger partial charge in [0.1, 0.15) is 0 Å². The Morgan fingerprint density at radius 3 is 2.59 bits per heavy atom. The van der Waals surface area contributed by atoms with Crippen LogP contribution in [0.1, 0.15) is 24.0 Å². The van der Waals surface area contributed by atoms with Crippen molar-refractivity contribution < 1.29 is 4.79 Å². The number of piperazine rings is 1. The van der Waals surface area contributed by atoms with Gasteiger partial charge in [0.05, 0.1) is 0 Å². The lowest BCUT2D eigenvalue weighted by atomic mass is 10.00. The van der Waals surface area contributed by atoms with Crippen molar-refractivity contribution in [2.24, 2.45) is 0 Å². The average Bonchev–Trinajstić information content (AvgIpc) is 2.72. The highest BCUT2D eigenvalue weighted by atomic mass is 16.1. The predicted octanol–water partition coefficient (Wildman–Crippen LogP) is 3.80. The largest absolute Gasteiger partial charge is 0.369 e. The van der Waals surface area contributed by atoms with Gasteiger partial charge in [-0.1, -0.05) is 36.4 Å². The first kappa shape index (κ1) is 17.8. The summed E-state index contributed by atoms with van der Waals surface area (Å²) in [7, 11) is 0. The third-order valence-corrected chi connectivity index (χ3v) is 5.44. The summed E-state index contributed by atoms with van der Waals surface area (Å²) in [4.78, 5) is 16.5. The summed E-state index contributed by atoms with van der Waals surface area (Å²) < 4.78 is 0. The molecular weight excluding hydrogens is 334 g/mol. The number of fused-ring (bicyclic) bond motifs is 1. The second-order valence-corrected chi connectivity index (χ2v) is 7.32. The molecule has 27 heavy (non-hydrogen) atoms. The Bertz CT molecular complexity index is 808. The van der Waals surface area contributed by atoms with Gasteiger partial charge < -0.3 is 10.2 Å². The van der Waals surface area contributed by atoms with Gasteiger partial charge in [0, 0.05) is 50.5 Å². The maximum Gasteiger partial charge on any atom is 0.224 e. The van der Waals surface area contributed by atoms with Crippen LogP contribution >= 0.6 is 0 Å². The summed E-state index contributed by atoms with van der Waals surface area (Å²) in [5.41, 5.74) is 4.77. The Balaban J connectivity index is 1.23. The minimum Gasteiger partial charge on any atom is -0.369 e. The van der Waals surface area contributed by atoms with Gasteiger partial charge in [-0.25, -0.2) is 0 Å². The highest BCUT2D eigenvalue weighted by Crippen LogP contribution is 2.24. The molecule has 2 aromatic carbocycles. The van der Waals surface area contributed by atoms with E-state index in [0.717, 1.165) is 51.3 Å². The van der Waals surface area contributed by atoms with Crippen LogP contribution in [0.25, 0.3) is 6.08 Å². The van der Waals surface area contributed by atoms with Gasteiger partial charge in [-0.2, -0.15) is 0 Å². The number of para-hydroxylation sites is 1. The number of anilines is 2. The van der Waals surface area contributed by atoms with Gasteiger partial charge in [0.15, 0.2) is 0 Å². The number of aryl methyl sites for hydroxylation is 1. The average molecular weight is 361 g/mol. The lowest BCUT2D eigenvalue weighted by molar-refractivity contribution is -0.116. The maximum absolute atomic E-state index is 11.4. The molecule has 1 N–H and O–H groups in total. The molecule has 0 aliphatic carbocycles. The number of hydrogen-bond donors (Lipinski definition) is 1. The Hall–Kier alpha value is -2.59. The van der Waals surface area contributed by atoms with Crippen LogP contribution in [0.4, 0.5) is 11.4 Å². The SMILES string of the molecule is O=C1CCc2cc(C=CCCN3CCN(c4ccccc4)CC3)ccc2N1. The molecule has 0 radical (unpaired) electrons. The molecule has 2 heterocycles. The van der Waals surface area contributed by atoms with Crippen molar-refractivity contribution in [3.05, 3.63) is 65.7 Å². The monoisotopic (exact) mass is 361 g/mol. The fourth-order valence-electron chi connectivity index (χ4n) is 3.85. The van der Waals surface area contributed by atoms with E-state index in [2.05, 4.69) is 69.7 Å². The summed E-state index contributed by atoms with van der Waals surface area (Å²) in [5.74, 6) is 0.123. The molecule has 1 amide bonds. The zero-order valence-corrected chi connectivity index (χ0v) is 15.7. The van der Waals surface area contributed by atoms with Crippen LogP contribution in [0.3, 0.4) is 0 Å². The molecule has 0 atom stereocenters. The first-order valence-corrected chi connectivity index (χ1v) is 9.89. The van der Waals surface area contributed by atoms with Crippen molar-refractivity contribution in [2.45, 2.75) is 19.3 Å². The van der Waals surface area contributed by atoms with Gasteiger partial charge in [0.25, 0.3) is 0 Å². The van der Waals surface area contributed by atoms with Crippen molar-refractivity contribution in [1.29, 1.82) is 0 Å². The molecule has 4 heteroatoms. The smallest absolute Gasteiger partial charge is 0.224 e. The van der Waals surface area contributed by atoms with Crippen LogP contribution in [0.15, 0.2) is 54.6 Å². The van der Waals surface area contributed by atoms with Crippen LogP contribution in [0.2, 0.25) is 0 Å². The third kappa shape index (κ3) is 4.58. The second-order valence-electron chi connectivity index (χ2n) is 7.32. The second kappa shape index (κ2) is 8.40. The summed E-state index contributed by atoms with van der Waals surface area (Å²) in [6.45, 7) is 5.57. The zero-order chi connectivity index (χ0) is 18.5. The molecule has 4 nitrogen and oxygen atoms in total. The molecule has 1 saturated heterocycles. The van der Waals surface area contributed by atoms with Crippen molar-refractivity contribution in [3.8, 4) is 0 Å². The standard InChI is InChI=1S/C23H27N3O/c27-23-12-10-20-18-19(9-11-22(20)24-23)6-4-5-13-25-14-16-26(17-15-25)21-7-2-1-3-8-21/h1-4,6-9,11,18H,5,10,12-17H2,(H,24,27). The Labute approximate surface area is 161 Å². The molecule has 0 spiro atoms. The number of benzene rings is 2. The van der Waals surface area contributed by atoms with Crippen molar-refractivity contribution in [3.63, 3.8) is 0 Å². The summed E-state index contributed by atoms with van der Waals surface area (Å²) in [6.07, 6.45) is 6.98. The van der Waals surface area contributed by atoms with E-state index >= 15 is 0 Å². The highest BCUT2D eigenvalue weighted by molar-refractivity contribution is 5.94. The number of carbonyl (C=O) groups excluding carboxylic acids is 1. The van der Waals surface area contributed by atoms with E-state index in [0.29, 0.717) is 6.42 Å². The van der Waals surface area contributed by atoms with Gasteiger partial charge in [-0.15, -0.1) is 0 Å². The zero-order valence-electron chi connectivity index (χ0n) is 15.7. The molecule has 140 valence electrons. The van der Waals surface area contributed by atoms with Crippen LogP contribution in [0, 0.1) is 0 Å². The van der Waals surface area contributed by atoms with E-state index in [1.54, 1.807) is 0 Å². The van der Waals surface area contributed by atoms with Gasteiger partial charge in [0.2, 0.25) is 5.91 Å². The number of amides is 1. The van der Waals surface area contributed by atoms with Gasteiger partial charge in [-0.05, 0) is 48.2 Å². The molecule has 2 aliphatic rings. The maximum atomic E-state index is 11.4. The molecule has 1 fully saturated rings. The Kier molecular flexibility index (Phi) is 5.54. The topological polar surface area (TPSA) is 35.6 Å². The lowest BCUT2D eigenvalue weighted by Gasteiger charge is -2.36. The van der Waals surface area contributed by atoms with Gasteiger partial charge in [-0.3, -0.25) is 9.69 Å². The summed E-state index contributed by atoms with van der Waals surface area (Å²) in [5, 5.41) is 2.94. The van der Waals surface area contributed by atoms with Crippen molar-refractivity contribution in [1.82, 2.24) is 4.90 Å². The molecular formula is C23H27N3O. The van der Waals surface area contributed by atoms with Crippen molar-refractivity contribution >= 4 is 23.4 Å². The van der Waals surface area contributed by atoms with Crippen LogP contribution in [-0.4, -0.2) is 43.5 Å². The fourth-order valence-corrected chi connectivity index (χ4v) is 3.85. The van der Waals surface area contributed by atoms with E-state index in [9.17, 15) is 4.79 Å². The summed E-state index contributed by atoms with van der Waals surface area (Å²) >= 11 is 0. The van der Waals surface area contributed by atoms with E-state index in [-0.39, 0.29) is 5.91 Å².